The Morgan fingerprint density at radius 1 is 1.28 bits per heavy atom. The zero-order valence-electron chi connectivity index (χ0n) is 18.1. The topological polar surface area (TPSA) is 112 Å². The van der Waals surface area contributed by atoms with Gasteiger partial charge >= 0.3 is 0 Å². The number of halogens is 1. The van der Waals surface area contributed by atoms with Crippen molar-refractivity contribution in [2.24, 2.45) is 5.92 Å². The molecule has 8 nitrogen and oxygen atoms in total. The molecule has 4 N–H and O–H groups in total. The van der Waals surface area contributed by atoms with Crippen molar-refractivity contribution < 1.29 is 9.59 Å². The van der Waals surface area contributed by atoms with Crippen LogP contribution in [0.15, 0.2) is 36.8 Å². The number of rotatable bonds is 7. The summed E-state index contributed by atoms with van der Waals surface area (Å²) in [5.74, 6) is -0.0250. The van der Waals surface area contributed by atoms with Gasteiger partial charge < -0.3 is 20.9 Å². The van der Waals surface area contributed by atoms with Crippen molar-refractivity contribution in [3.05, 3.63) is 58.6 Å². The molecule has 3 aromatic heterocycles. The third-order valence-corrected chi connectivity index (χ3v) is 6.09. The molecule has 1 aliphatic rings. The Labute approximate surface area is 191 Å². The molecule has 1 saturated heterocycles. The molecule has 0 aliphatic carbocycles. The molecule has 0 radical (unpaired) electrons. The normalized spacial score (nSPS) is 19.1. The minimum atomic E-state index is -0.640. The number of aromatic amines is 1. The van der Waals surface area contributed by atoms with Gasteiger partial charge in [-0.3, -0.25) is 14.6 Å². The van der Waals surface area contributed by atoms with Gasteiger partial charge in [-0.1, -0.05) is 11.6 Å². The molecule has 168 valence electrons. The average molecular weight is 455 g/mol. The highest BCUT2D eigenvalue weighted by Gasteiger charge is 2.30. The Morgan fingerprint density at radius 2 is 2.12 bits per heavy atom. The number of aryl methyl sites for hydroxylation is 1. The van der Waals surface area contributed by atoms with Crippen LogP contribution in [0, 0.1) is 12.8 Å². The largest absolute Gasteiger partial charge is 0.350 e. The smallest absolute Gasteiger partial charge is 0.242 e. The SMILES string of the molecule is Cc1cc(C[C@@H]2CN[C@@H](C(=O)N[C@@H](C)C(=O)NCc3cnc4[nH]cc(Cl)c4c3)C2)ccn1. The summed E-state index contributed by atoms with van der Waals surface area (Å²) in [7, 11) is 0. The summed E-state index contributed by atoms with van der Waals surface area (Å²) in [4.78, 5) is 36.6. The van der Waals surface area contributed by atoms with Gasteiger partial charge in [0.1, 0.15) is 11.7 Å². The number of aromatic nitrogens is 3. The number of carbonyl (C=O) groups excluding carboxylic acids is 2. The van der Waals surface area contributed by atoms with E-state index in [2.05, 4.69) is 37.0 Å². The van der Waals surface area contributed by atoms with Crippen molar-refractivity contribution in [2.75, 3.05) is 6.54 Å². The van der Waals surface area contributed by atoms with Gasteiger partial charge in [-0.2, -0.15) is 0 Å². The second kappa shape index (κ2) is 9.67. The number of carbonyl (C=O) groups is 2. The van der Waals surface area contributed by atoms with Crippen LogP contribution in [0.3, 0.4) is 0 Å². The summed E-state index contributed by atoms with van der Waals surface area (Å²) in [5, 5.41) is 10.3. The minimum absolute atomic E-state index is 0.150. The van der Waals surface area contributed by atoms with Gasteiger partial charge in [0.05, 0.1) is 11.1 Å². The Kier molecular flexibility index (Phi) is 6.72. The molecular weight excluding hydrogens is 428 g/mol. The fourth-order valence-electron chi connectivity index (χ4n) is 4.06. The minimum Gasteiger partial charge on any atom is -0.350 e. The third kappa shape index (κ3) is 5.26. The van der Waals surface area contributed by atoms with Crippen LogP contribution in [0.5, 0.6) is 0 Å². The van der Waals surface area contributed by atoms with Crippen molar-refractivity contribution in [1.82, 2.24) is 30.9 Å². The van der Waals surface area contributed by atoms with Gasteiger partial charge in [-0.15, -0.1) is 0 Å². The Hall–Kier alpha value is -2.97. The summed E-state index contributed by atoms with van der Waals surface area (Å²) < 4.78 is 0. The summed E-state index contributed by atoms with van der Waals surface area (Å²) in [6, 6.07) is 5.05. The first kappa shape index (κ1) is 22.2. The second-order valence-corrected chi connectivity index (χ2v) is 8.80. The van der Waals surface area contributed by atoms with Crippen LogP contribution in [0.2, 0.25) is 5.02 Å². The second-order valence-electron chi connectivity index (χ2n) is 8.40. The van der Waals surface area contributed by atoms with Crippen LogP contribution in [0.25, 0.3) is 11.0 Å². The molecule has 2 amide bonds. The molecule has 9 heteroatoms. The lowest BCUT2D eigenvalue weighted by atomic mass is 9.96. The first-order valence-corrected chi connectivity index (χ1v) is 11.1. The molecule has 3 aromatic rings. The molecular formula is C23H27ClN6O2. The van der Waals surface area contributed by atoms with Crippen LogP contribution >= 0.6 is 11.6 Å². The quantitative estimate of drug-likeness (QED) is 0.437. The molecule has 4 rings (SSSR count). The van der Waals surface area contributed by atoms with Gasteiger partial charge in [-0.25, -0.2) is 4.98 Å². The van der Waals surface area contributed by atoms with Crippen LogP contribution in [0.4, 0.5) is 0 Å². The lowest BCUT2D eigenvalue weighted by molar-refractivity contribution is -0.129. The van der Waals surface area contributed by atoms with E-state index in [0.717, 1.165) is 36.0 Å². The molecule has 3 atom stereocenters. The number of hydrogen-bond donors (Lipinski definition) is 4. The maximum absolute atomic E-state index is 12.6. The summed E-state index contributed by atoms with van der Waals surface area (Å²) in [6.07, 6.45) is 6.83. The molecule has 0 aromatic carbocycles. The van der Waals surface area contributed by atoms with E-state index in [1.165, 1.54) is 5.56 Å². The molecule has 0 spiro atoms. The summed E-state index contributed by atoms with van der Waals surface area (Å²) in [5.41, 5.74) is 3.76. The highest BCUT2D eigenvalue weighted by atomic mass is 35.5. The molecule has 0 unspecified atom stereocenters. The molecule has 0 bridgehead atoms. The lowest BCUT2D eigenvalue weighted by Crippen LogP contribution is -2.49. The zero-order valence-corrected chi connectivity index (χ0v) is 18.9. The first-order chi connectivity index (χ1) is 15.4. The number of amides is 2. The highest BCUT2D eigenvalue weighted by Crippen LogP contribution is 2.22. The van der Waals surface area contributed by atoms with Gasteiger partial charge in [0.2, 0.25) is 11.8 Å². The van der Waals surface area contributed by atoms with E-state index >= 15 is 0 Å². The fraction of sp³-hybridized carbons (Fsp3) is 0.391. The van der Waals surface area contributed by atoms with Gasteiger partial charge in [0.15, 0.2) is 0 Å². The molecule has 1 aliphatic heterocycles. The van der Waals surface area contributed by atoms with Crippen LogP contribution in [-0.4, -0.2) is 45.4 Å². The van der Waals surface area contributed by atoms with E-state index in [1.54, 1.807) is 19.3 Å². The monoisotopic (exact) mass is 454 g/mol. The molecule has 1 fully saturated rings. The van der Waals surface area contributed by atoms with E-state index in [-0.39, 0.29) is 17.9 Å². The third-order valence-electron chi connectivity index (χ3n) is 5.78. The van der Waals surface area contributed by atoms with Crippen molar-refractivity contribution in [1.29, 1.82) is 0 Å². The number of nitrogens with one attached hydrogen (secondary N) is 4. The van der Waals surface area contributed by atoms with Gasteiger partial charge in [0.25, 0.3) is 0 Å². The number of nitrogens with zero attached hydrogens (tertiary/aromatic N) is 2. The van der Waals surface area contributed by atoms with Crippen molar-refractivity contribution in [2.45, 2.75) is 45.3 Å². The van der Waals surface area contributed by atoms with Crippen LogP contribution in [-0.2, 0) is 22.6 Å². The number of pyridine rings is 2. The number of fused-ring (bicyclic) bond motifs is 1. The highest BCUT2D eigenvalue weighted by molar-refractivity contribution is 6.35. The standard InChI is InChI=1S/C23H27ClN6O2/c1-13-5-15(3-4-25-13)6-16-8-20(26-9-16)23(32)30-14(2)22(31)29-11-17-7-18-19(24)12-28-21(18)27-10-17/h3-5,7,10,12,14,16,20,26H,6,8-9,11H2,1-2H3,(H,27,28)(H,29,31)(H,30,32)/t14-,16-,20+/m0/s1. The van der Waals surface area contributed by atoms with Crippen molar-refractivity contribution in [3.8, 4) is 0 Å². The fourth-order valence-corrected chi connectivity index (χ4v) is 4.26. The molecule has 0 saturated carbocycles. The average Bonchev–Trinajstić information content (AvgIpc) is 3.39. The van der Waals surface area contributed by atoms with E-state index < -0.39 is 6.04 Å². The first-order valence-electron chi connectivity index (χ1n) is 10.7. The number of hydrogen-bond acceptors (Lipinski definition) is 5. The van der Waals surface area contributed by atoms with Gasteiger partial charge in [-0.05, 0) is 68.5 Å². The van der Waals surface area contributed by atoms with Crippen LogP contribution in [0.1, 0.15) is 30.2 Å². The summed E-state index contributed by atoms with van der Waals surface area (Å²) in [6.45, 7) is 4.74. The number of H-pyrrole nitrogens is 1. The van der Waals surface area contributed by atoms with E-state index in [0.29, 0.717) is 23.1 Å². The Bertz CT molecular complexity index is 1130. The van der Waals surface area contributed by atoms with Crippen molar-refractivity contribution in [3.63, 3.8) is 0 Å². The van der Waals surface area contributed by atoms with E-state index in [9.17, 15) is 9.59 Å². The predicted molar refractivity (Wildman–Crippen MR) is 123 cm³/mol. The van der Waals surface area contributed by atoms with Crippen molar-refractivity contribution >= 4 is 34.4 Å². The Morgan fingerprint density at radius 3 is 2.94 bits per heavy atom. The maximum atomic E-state index is 12.6. The van der Waals surface area contributed by atoms with E-state index in [1.807, 2.05) is 25.3 Å². The zero-order chi connectivity index (χ0) is 22.7. The van der Waals surface area contributed by atoms with Gasteiger partial charge in [0, 0.05) is 36.2 Å². The predicted octanol–water partition coefficient (Wildman–Crippen LogP) is 2.26. The Balaban J connectivity index is 1.24. The summed E-state index contributed by atoms with van der Waals surface area (Å²) >= 11 is 6.12. The molecule has 32 heavy (non-hydrogen) atoms. The van der Waals surface area contributed by atoms with E-state index in [4.69, 9.17) is 11.6 Å². The maximum Gasteiger partial charge on any atom is 0.242 e. The molecule has 4 heterocycles. The lowest BCUT2D eigenvalue weighted by Gasteiger charge is -2.17. The van der Waals surface area contributed by atoms with Crippen LogP contribution < -0.4 is 16.0 Å².